The Balaban J connectivity index is 1.56. The van der Waals surface area contributed by atoms with Gasteiger partial charge in [-0.1, -0.05) is 11.2 Å². The summed E-state index contributed by atoms with van der Waals surface area (Å²) < 4.78 is 7.63. The first-order valence-corrected chi connectivity index (χ1v) is 11.7. The molecule has 8 heteroatoms. The van der Waals surface area contributed by atoms with E-state index in [4.69, 9.17) is 9.57 Å². The number of amides is 1. The first-order valence-electron chi connectivity index (χ1n) is 11.7. The number of rotatable bonds is 7. The molecule has 0 unspecified atom stereocenters. The molecule has 176 valence electrons. The molecule has 0 radical (unpaired) electrons. The molecule has 1 atom stereocenters. The molecule has 0 N–H and O–H groups in total. The summed E-state index contributed by atoms with van der Waals surface area (Å²) in [6, 6.07) is 6.15. The van der Waals surface area contributed by atoms with E-state index >= 15 is 0 Å². The van der Waals surface area contributed by atoms with Crippen molar-refractivity contribution in [3.05, 3.63) is 47.6 Å². The summed E-state index contributed by atoms with van der Waals surface area (Å²) in [6.45, 7) is 8.78. The molecule has 1 saturated heterocycles. The zero-order valence-corrected chi connectivity index (χ0v) is 20.0. The van der Waals surface area contributed by atoms with Crippen molar-refractivity contribution in [3.63, 3.8) is 0 Å². The van der Waals surface area contributed by atoms with Gasteiger partial charge in [0.2, 0.25) is 5.91 Å². The van der Waals surface area contributed by atoms with Gasteiger partial charge in [-0.3, -0.25) is 4.79 Å². The molecule has 8 nitrogen and oxygen atoms in total. The maximum atomic E-state index is 12.7. The second-order valence-electron chi connectivity index (χ2n) is 8.45. The van der Waals surface area contributed by atoms with Gasteiger partial charge in [-0.05, 0) is 63.0 Å². The van der Waals surface area contributed by atoms with E-state index in [-0.39, 0.29) is 11.9 Å². The van der Waals surface area contributed by atoms with E-state index in [0.29, 0.717) is 13.0 Å². The van der Waals surface area contributed by atoms with E-state index in [1.54, 1.807) is 13.4 Å². The topological polar surface area (TPSA) is 72.2 Å². The number of nitrogens with zero attached hydrogens (tertiary/aromatic N) is 5. The minimum Gasteiger partial charge on any atom is -0.495 e. The summed E-state index contributed by atoms with van der Waals surface area (Å²) in [5.74, 6) is 1.79. The van der Waals surface area contributed by atoms with Crippen molar-refractivity contribution in [3.8, 4) is 11.4 Å². The number of oxime groups is 1. The van der Waals surface area contributed by atoms with Crippen LogP contribution in [0.5, 0.6) is 5.75 Å². The molecule has 1 fully saturated rings. The minimum atomic E-state index is 0.00990. The molecule has 2 aliphatic heterocycles. The van der Waals surface area contributed by atoms with Crippen molar-refractivity contribution in [2.75, 3.05) is 33.4 Å². The van der Waals surface area contributed by atoms with Gasteiger partial charge in [0.1, 0.15) is 12.4 Å². The quantitative estimate of drug-likeness (QED) is 0.643. The van der Waals surface area contributed by atoms with Crippen LogP contribution in [-0.2, 0) is 9.63 Å². The highest BCUT2D eigenvalue weighted by molar-refractivity contribution is 6.03. The maximum Gasteiger partial charge on any atom is 0.224 e. The molecule has 1 aromatic heterocycles. The van der Waals surface area contributed by atoms with E-state index in [9.17, 15) is 4.79 Å². The summed E-state index contributed by atoms with van der Waals surface area (Å²) in [7, 11) is 1.68. The van der Waals surface area contributed by atoms with Gasteiger partial charge in [0.15, 0.2) is 5.84 Å². The number of amidine groups is 1. The highest BCUT2D eigenvalue weighted by atomic mass is 16.6. The number of aryl methyl sites for hydroxylation is 1. The van der Waals surface area contributed by atoms with Crippen LogP contribution in [0.1, 0.15) is 44.4 Å². The largest absolute Gasteiger partial charge is 0.495 e. The molecule has 0 aliphatic carbocycles. The average molecular weight is 452 g/mol. The number of ether oxygens (including phenoxy) is 1. The van der Waals surface area contributed by atoms with Crippen LogP contribution < -0.4 is 4.74 Å². The SMILES string of the molecule is CCN(CC)C(=O)C[C@H]1CON=C2C(=Cc3ccc(-n4cnc(C)c4)c(OC)c3)CCCN21. The molecule has 0 saturated carbocycles. The molecule has 0 spiro atoms. The van der Waals surface area contributed by atoms with Crippen LogP contribution in [0.3, 0.4) is 0 Å². The second kappa shape index (κ2) is 10.1. The molecule has 2 aliphatic rings. The molecule has 1 aromatic carbocycles. The molecule has 3 heterocycles. The van der Waals surface area contributed by atoms with E-state index in [2.05, 4.69) is 27.2 Å². The number of fused-ring (bicyclic) bond motifs is 1. The van der Waals surface area contributed by atoms with Crippen LogP contribution in [-0.4, -0.2) is 70.5 Å². The molecule has 1 amide bonds. The van der Waals surface area contributed by atoms with E-state index < -0.39 is 0 Å². The third-order valence-electron chi connectivity index (χ3n) is 6.32. The van der Waals surface area contributed by atoms with Gasteiger partial charge in [0, 0.05) is 25.8 Å². The Labute approximate surface area is 195 Å². The lowest BCUT2D eigenvalue weighted by molar-refractivity contribution is -0.132. The van der Waals surface area contributed by atoms with Crippen LogP contribution in [0.2, 0.25) is 0 Å². The fourth-order valence-corrected chi connectivity index (χ4v) is 4.55. The van der Waals surface area contributed by atoms with Gasteiger partial charge in [-0.15, -0.1) is 0 Å². The second-order valence-corrected chi connectivity index (χ2v) is 8.45. The van der Waals surface area contributed by atoms with Crippen molar-refractivity contribution in [1.29, 1.82) is 0 Å². The Morgan fingerprint density at radius 2 is 2.15 bits per heavy atom. The monoisotopic (exact) mass is 451 g/mol. The highest BCUT2D eigenvalue weighted by Crippen LogP contribution is 2.30. The standard InChI is InChI=1S/C25H33N5O3/c1-5-28(6-2)24(31)14-21-16-33-27-25-20(8-7-11-30(21)25)12-19-9-10-22(23(13-19)32-4)29-15-18(3)26-17-29/h9-10,12-13,15,17,21H,5-8,11,14,16H2,1-4H3/t21-/m0/s1. The fraction of sp³-hybridized carbons (Fsp3) is 0.480. The summed E-state index contributed by atoms with van der Waals surface area (Å²) in [5.41, 5.74) is 4.05. The van der Waals surface area contributed by atoms with Gasteiger partial charge in [-0.25, -0.2) is 4.98 Å². The van der Waals surface area contributed by atoms with Gasteiger partial charge < -0.3 is 23.9 Å². The first-order chi connectivity index (χ1) is 16.0. The summed E-state index contributed by atoms with van der Waals surface area (Å²) >= 11 is 0. The Morgan fingerprint density at radius 1 is 1.33 bits per heavy atom. The molecule has 4 rings (SSSR count). The van der Waals surface area contributed by atoms with Crippen LogP contribution in [0.4, 0.5) is 0 Å². The van der Waals surface area contributed by atoms with E-state index in [1.807, 2.05) is 48.6 Å². The van der Waals surface area contributed by atoms with Gasteiger partial charge in [0.05, 0.1) is 37.3 Å². The van der Waals surface area contributed by atoms with Gasteiger partial charge in [-0.2, -0.15) is 0 Å². The number of carbonyl (C=O) groups excluding carboxylic acids is 1. The van der Waals surface area contributed by atoms with Crippen molar-refractivity contribution >= 4 is 17.8 Å². The lowest BCUT2D eigenvalue weighted by atomic mass is 9.97. The number of hydrogen-bond acceptors (Lipinski definition) is 6. The van der Waals surface area contributed by atoms with E-state index in [0.717, 1.165) is 66.6 Å². The zero-order chi connectivity index (χ0) is 23.4. The van der Waals surface area contributed by atoms with Crippen LogP contribution in [0, 0.1) is 6.92 Å². The van der Waals surface area contributed by atoms with Crippen molar-refractivity contribution < 1.29 is 14.4 Å². The number of benzene rings is 1. The lowest BCUT2D eigenvalue weighted by Crippen LogP contribution is -2.51. The van der Waals surface area contributed by atoms with Gasteiger partial charge >= 0.3 is 0 Å². The van der Waals surface area contributed by atoms with E-state index in [1.165, 1.54) is 0 Å². The van der Waals surface area contributed by atoms with Crippen molar-refractivity contribution in [1.82, 2.24) is 19.4 Å². The molecular weight excluding hydrogens is 418 g/mol. The first kappa shape index (κ1) is 22.9. The fourth-order valence-electron chi connectivity index (χ4n) is 4.55. The average Bonchev–Trinajstić information content (AvgIpc) is 3.26. The highest BCUT2D eigenvalue weighted by Gasteiger charge is 2.34. The number of methoxy groups -OCH3 is 1. The molecule has 2 aromatic rings. The smallest absolute Gasteiger partial charge is 0.224 e. The Hall–Kier alpha value is -3.29. The maximum absolute atomic E-state index is 12.7. The predicted molar refractivity (Wildman–Crippen MR) is 128 cm³/mol. The van der Waals surface area contributed by atoms with Crippen LogP contribution in [0.15, 0.2) is 41.5 Å². The number of piperidine rings is 1. The Bertz CT molecular complexity index is 1050. The lowest BCUT2D eigenvalue weighted by Gasteiger charge is -2.40. The summed E-state index contributed by atoms with van der Waals surface area (Å²) in [6.07, 6.45) is 8.29. The van der Waals surface area contributed by atoms with Crippen LogP contribution >= 0.6 is 0 Å². The van der Waals surface area contributed by atoms with Gasteiger partial charge in [0.25, 0.3) is 0 Å². The molecule has 33 heavy (non-hydrogen) atoms. The minimum absolute atomic E-state index is 0.00990. The van der Waals surface area contributed by atoms with Crippen LogP contribution in [0.25, 0.3) is 11.8 Å². The Morgan fingerprint density at radius 3 is 2.85 bits per heavy atom. The number of aromatic nitrogens is 2. The predicted octanol–water partition coefficient (Wildman–Crippen LogP) is 3.64. The molecule has 0 bridgehead atoms. The zero-order valence-electron chi connectivity index (χ0n) is 20.0. The van der Waals surface area contributed by atoms with Crippen molar-refractivity contribution in [2.45, 2.75) is 46.1 Å². The third kappa shape index (κ3) is 4.89. The normalized spacial score (nSPS) is 19.0. The number of imidazole rings is 1. The number of carbonyl (C=O) groups is 1. The Kier molecular flexibility index (Phi) is 7.01. The summed E-state index contributed by atoms with van der Waals surface area (Å²) in [5, 5.41) is 4.39. The number of hydrogen-bond donors (Lipinski definition) is 0. The van der Waals surface area contributed by atoms with Crippen molar-refractivity contribution in [2.24, 2.45) is 5.16 Å². The third-order valence-corrected chi connectivity index (χ3v) is 6.32. The summed E-state index contributed by atoms with van der Waals surface area (Å²) in [4.78, 5) is 26.7. The molecular formula is C25H33N5O3.